The molecule has 8 heteroatoms. The Morgan fingerprint density at radius 3 is 2.16 bits per heavy atom. The van der Waals surface area contributed by atoms with Gasteiger partial charge >= 0.3 is 0 Å². The van der Waals surface area contributed by atoms with Crippen molar-refractivity contribution in [1.29, 1.82) is 0 Å². The molecule has 176 valence electrons. The molecule has 2 unspecified atom stereocenters. The Hall–Kier alpha value is -2.12. The van der Waals surface area contributed by atoms with Crippen molar-refractivity contribution in [1.82, 2.24) is 20.0 Å². The molecule has 0 aromatic heterocycles. The van der Waals surface area contributed by atoms with Crippen LogP contribution >= 0.6 is 11.6 Å². The highest BCUT2D eigenvalue weighted by Crippen LogP contribution is 2.16. The van der Waals surface area contributed by atoms with E-state index in [0.717, 1.165) is 32.4 Å². The first-order valence-corrected chi connectivity index (χ1v) is 12.1. The Morgan fingerprint density at radius 1 is 0.938 bits per heavy atom. The molecular formula is C24H35ClN4O3. The van der Waals surface area contributed by atoms with Crippen LogP contribution in [0.25, 0.3) is 0 Å². The zero-order valence-electron chi connectivity index (χ0n) is 19.2. The average Bonchev–Trinajstić information content (AvgIpc) is 2.83. The minimum atomic E-state index is -0.579. The van der Waals surface area contributed by atoms with Crippen molar-refractivity contribution in [2.45, 2.75) is 45.6 Å². The van der Waals surface area contributed by atoms with Gasteiger partial charge in [0, 0.05) is 49.9 Å². The minimum absolute atomic E-state index is 0.0115. The lowest BCUT2D eigenvalue weighted by atomic mass is 9.97. The molecule has 0 bridgehead atoms. The van der Waals surface area contributed by atoms with Crippen LogP contribution in [0.2, 0.25) is 5.02 Å². The second-order valence-electron chi connectivity index (χ2n) is 8.89. The predicted molar refractivity (Wildman–Crippen MR) is 126 cm³/mol. The normalized spacial score (nSPS) is 19.3. The van der Waals surface area contributed by atoms with Crippen LogP contribution in [0.5, 0.6) is 0 Å². The second-order valence-corrected chi connectivity index (χ2v) is 9.32. The molecule has 2 aliphatic rings. The Morgan fingerprint density at radius 2 is 1.56 bits per heavy atom. The highest BCUT2D eigenvalue weighted by molar-refractivity contribution is 6.30. The largest absolute Gasteiger partial charge is 0.342 e. The smallest absolute Gasteiger partial charge is 0.251 e. The number of halogens is 1. The summed E-state index contributed by atoms with van der Waals surface area (Å²) in [5.41, 5.74) is 0.483. The van der Waals surface area contributed by atoms with E-state index in [2.05, 4.69) is 10.2 Å². The second kappa shape index (κ2) is 11.7. The number of piperidine rings is 1. The number of carbonyl (C=O) groups excluding carboxylic acids is 3. The standard InChI is InChI=1S/C24H35ClN4O3/c1-3-18(2)22(26-23(31)19-7-9-20(25)10-8-19)24(32)29-15-13-27(14-16-29)17-21(30)28-11-5-4-6-12-28/h7-10,18,22H,3-6,11-17H2,1-2H3,(H,26,31). The number of hydrogen-bond donors (Lipinski definition) is 1. The van der Waals surface area contributed by atoms with Crippen molar-refractivity contribution in [3.63, 3.8) is 0 Å². The van der Waals surface area contributed by atoms with E-state index in [9.17, 15) is 14.4 Å². The van der Waals surface area contributed by atoms with Gasteiger partial charge in [-0.05, 0) is 49.4 Å². The summed E-state index contributed by atoms with van der Waals surface area (Å²) in [4.78, 5) is 44.5. The monoisotopic (exact) mass is 462 g/mol. The van der Waals surface area contributed by atoms with Crippen molar-refractivity contribution >= 4 is 29.3 Å². The topological polar surface area (TPSA) is 73.0 Å². The van der Waals surface area contributed by atoms with Gasteiger partial charge in [0.05, 0.1) is 6.54 Å². The van der Waals surface area contributed by atoms with Crippen molar-refractivity contribution in [3.05, 3.63) is 34.9 Å². The molecule has 2 heterocycles. The molecule has 2 aliphatic heterocycles. The Bertz CT molecular complexity index is 787. The fourth-order valence-electron chi connectivity index (χ4n) is 4.27. The molecule has 1 aromatic rings. The number of nitrogens with zero attached hydrogens (tertiary/aromatic N) is 3. The van der Waals surface area contributed by atoms with Gasteiger partial charge in [-0.2, -0.15) is 0 Å². The molecule has 3 rings (SSSR count). The van der Waals surface area contributed by atoms with Crippen LogP contribution in [0.1, 0.15) is 49.9 Å². The fraction of sp³-hybridized carbons (Fsp3) is 0.625. The zero-order valence-corrected chi connectivity index (χ0v) is 19.9. The first-order chi connectivity index (χ1) is 15.4. The lowest BCUT2D eigenvalue weighted by Gasteiger charge is -2.38. The number of rotatable bonds is 7. The lowest BCUT2D eigenvalue weighted by Crippen LogP contribution is -2.57. The molecule has 3 amide bonds. The number of carbonyl (C=O) groups is 3. The van der Waals surface area contributed by atoms with Crippen LogP contribution in [-0.4, -0.2) is 84.3 Å². The van der Waals surface area contributed by atoms with Gasteiger partial charge in [0.1, 0.15) is 6.04 Å². The van der Waals surface area contributed by atoms with Gasteiger partial charge < -0.3 is 15.1 Å². The van der Waals surface area contributed by atoms with Crippen molar-refractivity contribution in [2.75, 3.05) is 45.8 Å². The molecule has 1 aromatic carbocycles. The molecule has 1 N–H and O–H groups in total. The summed E-state index contributed by atoms with van der Waals surface area (Å²) in [5, 5.41) is 3.50. The molecule has 0 aliphatic carbocycles. The van der Waals surface area contributed by atoms with Crippen LogP contribution in [0.3, 0.4) is 0 Å². The molecule has 32 heavy (non-hydrogen) atoms. The van der Waals surface area contributed by atoms with Gasteiger partial charge in [-0.25, -0.2) is 0 Å². The summed E-state index contributed by atoms with van der Waals surface area (Å²) in [6, 6.07) is 6.08. The Labute approximate surface area is 196 Å². The summed E-state index contributed by atoms with van der Waals surface area (Å²) in [6.45, 7) is 8.62. The van der Waals surface area contributed by atoms with Crippen molar-refractivity contribution in [2.24, 2.45) is 5.92 Å². The lowest BCUT2D eigenvalue weighted by molar-refractivity contribution is -0.137. The van der Waals surface area contributed by atoms with E-state index in [4.69, 9.17) is 11.6 Å². The molecule has 2 saturated heterocycles. The summed E-state index contributed by atoms with van der Waals surface area (Å²) in [7, 11) is 0. The first-order valence-electron chi connectivity index (χ1n) is 11.7. The van der Waals surface area contributed by atoms with E-state index in [0.29, 0.717) is 43.3 Å². The Kier molecular flexibility index (Phi) is 8.93. The number of nitrogens with one attached hydrogen (secondary N) is 1. The number of likely N-dealkylation sites (tertiary alicyclic amines) is 1. The van der Waals surface area contributed by atoms with E-state index in [1.165, 1.54) is 6.42 Å². The number of amides is 3. The predicted octanol–water partition coefficient (Wildman–Crippen LogP) is 2.64. The molecule has 7 nitrogen and oxygen atoms in total. The van der Waals surface area contributed by atoms with Crippen molar-refractivity contribution < 1.29 is 14.4 Å². The van der Waals surface area contributed by atoms with E-state index >= 15 is 0 Å². The Balaban J connectivity index is 1.54. The summed E-state index contributed by atoms with van der Waals surface area (Å²) < 4.78 is 0. The van der Waals surface area contributed by atoms with Crippen molar-refractivity contribution in [3.8, 4) is 0 Å². The van der Waals surface area contributed by atoms with Crippen LogP contribution in [0.4, 0.5) is 0 Å². The van der Waals surface area contributed by atoms with E-state index < -0.39 is 6.04 Å². The third kappa shape index (κ3) is 6.45. The van der Waals surface area contributed by atoms with E-state index in [1.54, 1.807) is 24.3 Å². The molecule has 2 fully saturated rings. The zero-order chi connectivity index (χ0) is 23.1. The summed E-state index contributed by atoms with van der Waals surface area (Å²) in [6.07, 6.45) is 4.16. The van der Waals surface area contributed by atoms with Gasteiger partial charge in [0.2, 0.25) is 11.8 Å². The fourth-order valence-corrected chi connectivity index (χ4v) is 4.39. The molecule has 2 atom stereocenters. The van der Waals surface area contributed by atoms with Gasteiger partial charge in [-0.15, -0.1) is 0 Å². The third-order valence-corrected chi connectivity index (χ3v) is 6.88. The van der Waals surface area contributed by atoms with E-state index in [-0.39, 0.29) is 23.6 Å². The maximum Gasteiger partial charge on any atom is 0.251 e. The van der Waals surface area contributed by atoms with Crippen LogP contribution in [0, 0.1) is 5.92 Å². The maximum atomic E-state index is 13.3. The highest BCUT2D eigenvalue weighted by Gasteiger charge is 2.32. The number of piperazine rings is 1. The minimum Gasteiger partial charge on any atom is -0.342 e. The molecule has 0 spiro atoms. The van der Waals surface area contributed by atoms with Gasteiger partial charge in [0.15, 0.2) is 0 Å². The van der Waals surface area contributed by atoms with Gasteiger partial charge in [0.25, 0.3) is 5.91 Å². The summed E-state index contributed by atoms with van der Waals surface area (Å²) in [5.74, 6) is -0.121. The first kappa shape index (κ1) is 24.5. The van der Waals surface area contributed by atoms with Gasteiger partial charge in [-0.1, -0.05) is 31.9 Å². The quantitative estimate of drug-likeness (QED) is 0.676. The number of hydrogen-bond acceptors (Lipinski definition) is 4. The average molecular weight is 463 g/mol. The maximum absolute atomic E-state index is 13.3. The van der Waals surface area contributed by atoms with Crippen LogP contribution < -0.4 is 5.32 Å². The summed E-state index contributed by atoms with van der Waals surface area (Å²) >= 11 is 5.91. The van der Waals surface area contributed by atoms with Crippen LogP contribution in [0.15, 0.2) is 24.3 Å². The molecular weight excluding hydrogens is 428 g/mol. The molecule has 0 saturated carbocycles. The molecule has 0 radical (unpaired) electrons. The van der Waals surface area contributed by atoms with Crippen LogP contribution in [-0.2, 0) is 9.59 Å². The third-order valence-electron chi connectivity index (χ3n) is 6.62. The van der Waals surface area contributed by atoms with E-state index in [1.807, 2.05) is 23.6 Å². The SMILES string of the molecule is CCC(C)C(NC(=O)c1ccc(Cl)cc1)C(=O)N1CCN(CC(=O)N2CCCCC2)CC1. The van der Waals surface area contributed by atoms with Gasteiger partial charge in [-0.3, -0.25) is 19.3 Å². The number of benzene rings is 1. The highest BCUT2D eigenvalue weighted by atomic mass is 35.5.